The maximum atomic E-state index is 12.8. The van der Waals surface area contributed by atoms with Crippen molar-refractivity contribution in [2.75, 3.05) is 10.6 Å². The van der Waals surface area contributed by atoms with E-state index in [1.165, 1.54) is 24.3 Å². The Hall–Kier alpha value is -3.13. The summed E-state index contributed by atoms with van der Waals surface area (Å²) in [4.78, 5) is 24.7. The van der Waals surface area contributed by atoms with Crippen LogP contribution in [0.1, 0.15) is 31.8 Å². The number of hydrogen-bond donors (Lipinski definition) is 2. The number of anilines is 2. The SMILES string of the molecule is Cc1ccc(C(=O)Nc2ccc(C(=O)Nc3cccc(C(F)(F)F)c3)cc2)cc1Br. The van der Waals surface area contributed by atoms with Crippen molar-refractivity contribution in [1.82, 2.24) is 0 Å². The Balaban J connectivity index is 1.67. The van der Waals surface area contributed by atoms with Crippen LogP contribution in [0.25, 0.3) is 0 Å². The van der Waals surface area contributed by atoms with Crippen molar-refractivity contribution in [3.63, 3.8) is 0 Å². The molecule has 0 unspecified atom stereocenters. The molecule has 0 heterocycles. The lowest BCUT2D eigenvalue weighted by molar-refractivity contribution is -0.137. The molecule has 3 rings (SSSR count). The van der Waals surface area contributed by atoms with E-state index < -0.39 is 17.6 Å². The van der Waals surface area contributed by atoms with Gasteiger partial charge in [0.05, 0.1) is 5.56 Å². The smallest absolute Gasteiger partial charge is 0.322 e. The van der Waals surface area contributed by atoms with E-state index in [1.807, 2.05) is 13.0 Å². The second-order valence-corrected chi connectivity index (χ2v) is 7.38. The topological polar surface area (TPSA) is 58.2 Å². The van der Waals surface area contributed by atoms with E-state index in [2.05, 4.69) is 26.6 Å². The number of hydrogen-bond acceptors (Lipinski definition) is 2. The van der Waals surface area contributed by atoms with E-state index in [0.717, 1.165) is 22.2 Å². The molecule has 8 heteroatoms. The van der Waals surface area contributed by atoms with Crippen LogP contribution in [0.5, 0.6) is 0 Å². The summed E-state index contributed by atoms with van der Waals surface area (Å²) in [6, 6.07) is 15.7. The molecule has 0 atom stereocenters. The highest BCUT2D eigenvalue weighted by Crippen LogP contribution is 2.30. The summed E-state index contributed by atoms with van der Waals surface area (Å²) in [6.45, 7) is 1.91. The summed E-state index contributed by atoms with van der Waals surface area (Å²) in [5.41, 5.74) is 1.38. The number of carbonyl (C=O) groups excluding carboxylic acids is 2. The van der Waals surface area contributed by atoms with Crippen LogP contribution in [0.15, 0.2) is 71.2 Å². The van der Waals surface area contributed by atoms with Gasteiger partial charge in [-0.1, -0.05) is 28.1 Å². The van der Waals surface area contributed by atoms with Crippen LogP contribution in [-0.4, -0.2) is 11.8 Å². The molecule has 2 N–H and O–H groups in total. The van der Waals surface area contributed by atoms with Gasteiger partial charge in [0, 0.05) is 27.0 Å². The van der Waals surface area contributed by atoms with Gasteiger partial charge in [-0.25, -0.2) is 0 Å². The predicted molar refractivity (Wildman–Crippen MR) is 113 cm³/mol. The van der Waals surface area contributed by atoms with E-state index in [9.17, 15) is 22.8 Å². The number of halogens is 4. The second kappa shape index (κ2) is 8.71. The molecular formula is C22H16BrF3N2O2. The first-order valence-corrected chi connectivity index (χ1v) is 9.59. The standard InChI is InChI=1S/C22H16BrF3N2O2/c1-13-5-6-15(11-19(13)23)21(30)27-17-9-7-14(8-10-17)20(29)28-18-4-2-3-16(12-18)22(24,25)26/h2-12H,1H3,(H,27,30)(H,28,29). The van der Waals surface area contributed by atoms with Crippen LogP contribution in [0.4, 0.5) is 24.5 Å². The summed E-state index contributed by atoms with van der Waals surface area (Å²) in [5, 5.41) is 5.17. The van der Waals surface area contributed by atoms with E-state index >= 15 is 0 Å². The van der Waals surface area contributed by atoms with E-state index in [0.29, 0.717) is 11.3 Å². The van der Waals surface area contributed by atoms with Gasteiger partial charge in [-0.3, -0.25) is 9.59 Å². The fourth-order valence-corrected chi connectivity index (χ4v) is 3.00. The number of alkyl halides is 3. The molecule has 3 aromatic carbocycles. The van der Waals surface area contributed by atoms with Crippen molar-refractivity contribution in [2.24, 2.45) is 0 Å². The van der Waals surface area contributed by atoms with Gasteiger partial charge < -0.3 is 10.6 Å². The van der Waals surface area contributed by atoms with Crippen molar-refractivity contribution in [2.45, 2.75) is 13.1 Å². The summed E-state index contributed by atoms with van der Waals surface area (Å²) >= 11 is 3.38. The number of nitrogens with one attached hydrogen (secondary N) is 2. The first-order valence-electron chi connectivity index (χ1n) is 8.79. The monoisotopic (exact) mass is 476 g/mol. The average Bonchev–Trinajstić information content (AvgIpc) is 2.70. The van der Waals surface area contributed by atoms with Crippen molar-refractivity contribution in [3.8, 4) is 0 Å². The van der Waals surface area contributed by atoms with Crippen LogP contribution < -0.4 is 10.6 Å². The van der Waals surface area contributed by atoms with Crippen LogP contribution in [0.2, 0.25) is 0 Å². The minimum atomic E-state index is -4.49. The predicted octanol–water partition coefficient (Wildman–Crippen LogP) is 6.28. The van der Waals surface area contributed by atoms with Gasteiger partial charge in [-0.05, 0) is 67.1 Å². The number of rotatable bonds is 4. The Bertz CT molecular complexity index is 1100. The van der Waals surface area contributed by atoms with Crippen molar-refractivity contribution in [1.29, 1.82) is 0 Å². The lowest BCUT2D eigenvalue weighted by Crippen LogP contribution is -2.14. The molecule has 4 nitrogen and oxygen atoms in total. The van der Waals surface area contributed by atoms with Gasteiger partial charge in [-0.2, -0.15) is 13.2 Å². The van der Waals surface area contributed by atoms with Gasteiger partial charge in [0.15, 0.2) is 0 Å². The zero-order chi connectivity index (χ0) is 21.9. The molecule has 0 aromatic heterocycles. The van der Waals surface area contributed by atoms with Gasteiger partial charge in [0.2, 0.25) is 0 Å². The van der Waals surface area contributed by atoms with Gasteiger partial charge in [0.1, 0.15) is 0 Å². The summed E-state index contributed by atoms with van der Waals surface area (Å²) in [5.74, 6) is -0.869. The Morgan fingerprint density at radius 3 is 2.03 bits per heavy atom. The Morgan fingerprint density at radius 1 is 0.800 bits per heavy atom. The summed E-state index contributed by atoms with van der Waals surface area (Å²) in [6.07, 6.45) is -4.49. The normalized spacial score (nSPS) is 11.1. The third-order valence-corrected chi connectivity index (χ3v) is 5.14. The van der Waals surface area contributed by atoms with E-state index in [1.54, 1.807) is 24.3 Å². The Morgan fingerprint density at radius 2 is 1.40 bits per heavy atom. The highest BCUT2D eigenvalue weighted by atomic mass is 79.9. The zero-order valence-electron chi connectivity index (χ0n) is 15.7. The molecule has 0 aliphatic rings. The first kappa shape index (κ1) is 21.6. The van der Waals surface area contributed by atoms with Crippen LogP contribution >= 0.6 is 15.9 Å². The van der Waals surface area contributed by atoms with Crippen molar-refractivity contribution in [3.05, 3.63) is 93.5 Å². The molecule has 154 valence electrons. The highest BCUT2D eigenvalue weighted by Gasteiger charge is 2.30. The molecule has 0 saturated carbocycles. The molecule has 0 spiro atoms. The number of amides is 2. The fraction of sp³-hybridized carbons (Fsp3) is 0.0909. The van der Waals surface area contributed by atoms with Crippen LogP contribution in [0, 0.1) is 6.92 Å². The second-order valence-electron chi connectivity index (χ2n) is 6.53. The minimum Gasteiger partial charge on any atom is -0.322 e. The molecule has 0 bridgehead atoms. The van der Waals surface area contributed by atoms with Gasteiger partial charge in [0.25, 0.3) is 11.8 Å². The average molecular weight is 477 g/mol. The maximum Gasteiger partial charge on any atom is 0.416 e. The first-order chi connectivity index (χ1) is 14.1. The molecule has 0 aliphatic carbocycles. The van der Waals surface area contributed by atoms with Crippen LogP contribution in [0.3, 0.4) is 0 Å². The Labute approximate surface area is 179 Å². The lowest BCUT2D eigenvalue weighted by atomic mass is 10.1. The van der Waals surface area contributed by atoms with Gasteiger partial charge >= 0.3 is 6.18 Å². The molecule has 3 aromatic rings. The van der Waals surface area contributed by atoms with Crippen LogP contribution in [-0.2, 0) is 6.18 Å². The molecule has 0 saturated heterocycles. The zero-order valence-corrected chi connectivity index (χ0v) is 17.3. The van der Waals surface area contributed by atoms with E-state index in [4.69, 9.17) is 0 Å². The third-order valence-electron chi connectivity index (χ3n) is 4.29. The maximum absolute atomic E-state index is 12.8. The fourth-order valence-electron chi connectivity index (χ4n) is 2.62. The Kier molecular flexibility index (Phi) is 6.26. The molecule has 0 aliphatic heterocycles. The van der Waals surface area contributed by atoms with Crippen molar-refractivity contribution < 1.29 is 22.8 Å². The number of carbonyl (C=O) groups is 2. The number of benzene rings is 3. The summed E-state index contributed by atoms with van der Waals surface area (Å²) < 4.78 is 39.2. The summed E-state index contributed by atoms with van der Waals surface area (Å²) in [7, 11) is 0. The molecule has 2 amide bonds. The molecular weight excluding hydrogens is 461 g/mol. The molecule has 30 heavy (non-hydrogen) atoms. The third kappa shape index (κ3) is 5.27. The van der Waals surface area contributed by atoms with Gasteiger partial charge in [-0.15, -0.1) is 0 Å². The highest BCUT2D eigenvalue weighted by molar-refractivity contribution is 9.10. The molecule has 0 fully saturated rings. The minimum absolute atomic E-state index is 0.0390. The quantitative estimate of drug-likeness (QED) is 0.465. The molecule has 0 radical (unpaired) electrons. The number of aryl methyl sites for hydroxylation is 1. The van der Waals surface area contributed by atoms with Crippen molar-refractivity contribution >= 4 is 39.1 Å². The largest absolute Gasteiger partial charge is 0.416 e. The van der Waals surface area contributed by atoms with E-state index in [-0.39, 0.29) is 17.2 Å². The lowest BCUT2D eigenvalue weighted by Gasteiger charge is -2.10.